The first kappa shape index (κ1) is 54.9. The predicted octanol–water partition coefficient (Wildman–Crippen LogP) is 15.0. The third-order valence-electron chi connectivity index (χ3n) is 11.7. The Hall–Kier alpha value is -1.14. The molecule has 0 heterocycles. The van der Waals surface area contributed by atoms with Crippen LogP contribution in [0.15, 0.2) is 0 Å². The summed E-state index contributed by atoms with van der Waals surface area (Å²) in [5, 5.41) is 9.57. The van der Waals surface area contributed by atoms with Crippen LogP contribution in [-0.4, -0.2) is 60.9 Å². The third kappa shape index (κ3) is 42.5. The Morgan fingerprint density at radius 1 is 0.411 bits per heavy atom. The second kappa shape index (κ2) is 46.5. The second-order valence-corrected chi connectivity index (χ2v) is 17.3. The zero-order valence-electron chi connectivity index (χ0n) is 38.2. The second-order valence-electron chi connectivity index (χ2n) is 17.3. The van der Waals surface area contributed by atoms with Crippen molar-refractivity contribution in [3.63, 3.8) is 0 Å². The third-order valence-corrected chi connectivity index (χ3v) is 11.7. The van der Waals surface area contributed by atoms with Gasteiger partial charge in [0.1, 0.15) is 6.10 Å². The molecule has 0 amide bonds. The number of carbonyl (C=O) groups is 2. The van der Waals surface area contributed by atoms with E-state index in [1.807, 2.05) is 0 Å². The lowest BCUT2D eigenvalue weighted by Crippen LogP contribution is -2.29. The Kier molecular flexibility index (Phi) is 45.6. The van der Waals surface area contributed by atoms with Crippen molar-refractivity contribution < 1.29 is 24.2 Å². The van der Waals surface area contributed by atoms with Gasteiger partial charge in [-0.25, -0.2) is 0 Å². The lowest BCUT2D eigenvalue weighted by molar-refractivity contribution is -0.150. The summed E-state index contributed by atoms with van der Waals surface area (Å²) in [4.78, 5) is 27.2. The quantitative estimate of drug-likeness (QED) is 0.0488. The Morgan fingerprint density at radius 3 is 1.16 bits per heavy atom. The van der Waals surface area contributed by atoms with Gasteiger partial charge in [0.2, 0.25) is 0 Å². The summed E-state index contributed by atoms with van der Waals surface area (Å²) in [7, 11) is 0. The molecule has 0 aliphatic carbocycles. The van der Waals surface area contributed by atoms with Crippen molar-refractivity contribution >= 4 is 11.9 Å². The summed E-state index contributed by atoms with van der Waals surface area (Å²) in [5.74, 6) is 0.0210. The number of ether oxygens (including phenoxy) is 2. The number of esters is 2. The van der Waals surface area contributed by atoms with Gasteiger partial charge in [-0.3, -0.25) is 9.59 Å². The Labute approximate surface area is 350 Å². The molecule has 0 saturated heterocycles. The summed E-state index contributed by atoms with van der Waals surface area (Å²) in [6, 6.07) is 0. The fourth-order valence-corrected chi connectivity index (χ4v) is 7.94. The first-order chi connectivity index (χ1) is 27.6. The van der Waals surface area contributed by atoms with Crippen molar-refractivity contribution in [2.24, 2.45) is 0 Å². The van der Waals surface area contributed by atoms with Gasteiger partial charge < -0.3 is 19.5 Å². The highest BCUT2D eigenvalue weighted by Gasteiger charge is 2.14. The molecule has 6 heteroatoms. The van der Waals surface area contributed by atoms with Crippen LogP contribution < -0.4 is 0 Å². The summed E-state index contributed by atoms with van der Waals surface area (Å²) < 4.78 is 11.5. The maximum atomic E-state index is 12.7. The number of aliphatic hydroxyl groups excluding tert-OH is 1. The van der Waals surface area contributed by atoms with E-state index in [1.165, 1.54) is 193 Å². The van der Waals surface area contributed by atoms with Crippen LogP contribution in [0.4, 0.5) is 0 Å². The van der Waals surface area contributed by atoms with Gasteiger partial charge in [-0.15, -0.1) is 0 Å². The van der Waals surface area contributed by atoms with Crippen LogP contribution in [0.1, 0.15) is 271 Å². The lowest BCUT2D eigenvalue weighted by atomic mass is 10.0. The molecule has 0 fully saturated rings. The molecule has 1 N–H and O–H groups in total. The van der Waals surface area contributed by atoms with Crippen LogP contribution in [0.3, 0.4) is 0 Å². The van der Waals surface area contributed by atoms with E-state index in [4.69, 9.17) is 9.47 Å². The molecule has 0 radical (unpaired) electrons. The van der Waals surface area contributed by atoms with Crippen molar-refractivity contribution in [3.05, 3.63) is 0 Å². The average molecular weight is 794 g/mol. The minimum absolute atomic E-state index is 0.0108. The monoisotopic (exact) mass is 794 g/mol. The number of rotatable bonds is 47. The van der Waals surface area contributed by atoms with E-state index < -0.39 is 0 Å². The standard InChI is InChI=1S/C50H99NO5/c1-4-7-10-13-16-17-24-31-38-47-55-49(53)41-34-27-20-18-22-29-36-43-51(45-46-52)44-37-30-23-19-21-28-35-42-50(54)56-48(39-32-25-14-11-8-5-2)40-33-26-15-12-9-6-3/h48,52H,4-47H2,1-3H3. The first-order valence-electron chi connectivity index (χ1n) is 25.3. The molecule has 334 valence electrons. The minimum Gasteiger partial charge on any atom is -0.466 e. The zero-order valence-corrected chi connectivity index (χ0v) is 38.2. The van der Waals surface area contributed by atoms with Gasteiger partial charge in [-0.1, -0.05) is 201 Å². The van der Waals surface area contributed by atoms with Crippen molar-refractivity contribution in [2.75, 3.05) is 32.8 Å². The molecule has 0 aromatic heterocycles. The van der Waals surface area contributed by atoms with Crippen LogP contribution in [-0.2, 0) is 19.1 Å². The van der Waals surface area contributed by atoms with E-state index in [2.05, 4.69) is 25.7 Å². The van der Waals surface area contributed by atoms with Gasteiger partial charge in [-0.05, 0) is 70.9 Å². The number of nitrogens with zero attached hydrogens (tertiary/aromatic N) is 1. The summed E-state index contributed by atoms with van der Waals surface area (Å²) in [6.07, 6.45) is 46.9. The van der Waals surface area contributed by atoms with Crippen LogP contribution in [0.5, 0.6) is 0 Å². The normalized spacial score (nSPS) is 11.6. The average Bonchev–Trinajstić information content (AvgIpc) is 3.19. The Morgan fingerprint density at radius 2 is 0.750 bits per heavy atom. The highest BCUT2D eigenvalue weighted by molar-refractivity contribution is 5.69. The van der Waals surface area contributed by atoms with Crippen molar-refractivity contribution in [1.29, 1.82) is 0 Å². The van der Waals surface area contributed by atoms with Gasteiger partial charge in [-0.2, -0.15) is 0 Å². The maximum absolute atomic E-state index is 12.7. The van der Waals surface area contributed by atoms with E-state index in [-0.39, 0.29) is 24.6 Å². The largest absolute Gasteiger partial charge is 0.466 e. The Balaban J connectivity index is 3.81. The fourth-order valence-electron chi connectivity index (χ4n) is 7.94. The van der Waals surface area contributed by atoms with E-state index in [0.29, 0.717) is 19.4 Å². The highest BCUT2D eigenvalue weighted by atomic mass is 16.5. The molecule has 0 aliphatic rings. The molecule has 0 atom stereocenters. The van der Waals surface area contributed by atoms with Crippen LogP contribution in [0.25, 0.3) is 0 Å². The molecule has 56 heavy (non-hydrogen) atoms. The molecular weight excluding hydrogens is 695 g/mol. The molecule has 0 aromatic carbocycles. The van der Waals surface area contributed by atoms with E-state index in [0.717, 1.165) is 64.6 Å². The van der Waals surface area contributed by atoms with Crippen molar-refractivity contribution in [3.8, 4) is 0 Å². The predicted molar refractivity (Wildman–Crippen MR) is 241 cm³/mol. The first-order valence-corrected chi connectivity index (χ1v) is 25.3. The molecular formula is C50H99NO5. The number of carbonyl (C=O) groups excluding carboxylic acids is 2. The van der Waals surface area contributed by atoms with Gasteiger partial charge in [0.05, 0.1) is 13.2 Å². The SMILES string of the molecule is CCCCCCCCCCCOC(=O)CCCCCCCCCN(CCO)CCCCCCCCCC(=O)OC(CCCCCCCC)CCCCCCCC. The van der Waals surface area contributed by atoms with Gasteiger partial charge >= 0.3 is 11.9 Å². The molecule has 0 aromatic rings. The van der Waals surface area contributed by atoms with Gasteiger partial charge in [0.15, 0.2) is 0 Å². The fraction of sp³-hybridized carbons (Fsp3) is 0.960. The highest BCUT2D eigenvalue weighted by Crippen LogP contribution is 2.19. The number of hydrogen-bond acceptors (Lipinski definition) is 6. The summed E-state index contributed by atoms with van der Waals surface area (Å²) in [6.45, 7) is 10.6. The van der Waals surface area contributed by atoms with Crippen molar-refractivity contribution in [2.45, 2.75) is 277 Å². The van der Waals surface area contributed by atoms with E-state index >= 15 is 0 Å². The molecule has 0 rings (SSSR count). The molecule has 0 unspecified atom stereocenters. The molecule has 0 spiro atoms. The number of hydrogen-bond donors (Lipinski definition) is 1. The van der Waals surface area contributed by atoms with Gasteiger partial charge in [0, 0.05) is 19.4 Å². The van der Waals surface area contributed by atoms with E-state index in [1.54, 1.807) is 0 Å². The zero-order chi connectivity index (χ0) is 40.8. The molecule has 0 saturated carbocycles. The van der Waals surface area contributed by atoms with Crippen LogP contribution in [0, 0.1) is 0 Å². The topological polar surface area (TPSA) is 76.1 Å². The summed E-state index contributed by atoms with van der Waals surface area (Å²) >= 11 is 0. The maximum Gasteiger partial charge on any atom is 0.306 e. The minimum atomic E-state index is -0.0108. The smallest absolute Gasteiger partial charge is 0.306 e. The molecule has 6 nitrogen and oxygen atoms in total. The molecule has 0 bridgehead atoms. The van der Waals surface area contributed by atoms with Crippen LogP contribution in [0.2, 0.25) is 0 Å². The molecule has 0 aliphatic heterocycles. The number of unbranched alkanes of at least 4 members (excludes halogenated alkanes) is 30. The lowest BCUT2D eigenvalue weighted by Gasteiger charge is -2.21. The Bertz CT molecular complexity index is 775. The van der Waals surface area contributed by atoms with Crippen molar-refractivity contribution in [1.82, 2.24) is 4.90 Å². The summed E-state index contributed by atoms with van der Waals surface area (Å²) in [5.41, 5.74) is 0. The van der Waals surface area contributed by atoms with Gasteiger partial charge in [0.25, 0.3) is 0 Å². The van der Waals surface area contributed by atoms with E-state index in [9.17, 15) is 14.7 Å². The number of aliphatic hydroxyl groups is 1. The van der Waals surface area contributed by atoms with Crippen LogP contribution >= 0.6 is 0 Å².